The number of anilines is 1. The van der Waals surface area contributed by atoms with Crippen molar-refractivity contribution in [3.05, 3.63) is 58.6 Å². The quantitative estimate of drug-likeness (QED) is 0.887. The summed E-state index contributed by atoms with van der Waals surface area (Å²) in [6.45, 7) is 2.22. The number of hydrogen-bond acceptors (Lipinski definition) is 3. The van der Waals surface area contributed by atoms with E-state index in [1.807, 2.05) is 19.1 Å². The molecule has 21 heavy (non-hydrogen) atoms. The Hall–Kier alpha value is -1.56. The van der Waals surface area contributed by atoms with Gasteiger partial charge in [-0.2, -0.15) is 0 Å². The van der Waals surface area contributed by atoms with E-state index in [4.69, 9.17) is 17.3 Å². The Labute approximate surface area is 130 Å². The minimum Gasteiger partial charge on any atom is -0.326 e. The fourth-order valence-corrected chi connectivity index (χ4v) is 3.66. The van der Waals surface area contributed by atoms with Crippen LogP contribution in [0.3, 0.4) is 0 Å². The monoisotopic (exact) mass is 324 g/mol. The molecule has 2 aromatic rings. The minimum atomic E-state index is -3.75. The number of hydrogen-bond donors (Lipinski definition) is 2. The first kappa shape index (κ1) is 15.8. The highest BCUT2D eigenvalue weighted by Gasteiger charge is 2.19. The molecule has 0 aliphatic rings. The zero-order valence-corrected chi connectivity index (χ0v) is 13.2. The molecule has 3 N–H and O–H groups in total. The van der Waals surface area contributed by atoms with Crippen molar-refractivity contribution < 1.29 is 8.42 Å². The van der Waals surface area contributed by atoms with Crippen LogP contribution >= 0.6 is 11.6 Å². The average molecular weight is 325 g/mol. The van der Waals surface area contributed by atoms with Gasteiger partial charge in [-0.3, -0.25) is 4.72 Å². The third-order valence-electron chi connectivity index (χ3n) is 3.16. The topological polar surface area (TPSA) is 72.2 Å². The number of benzene rings is 2. The van der Waals surface area contributed by atoms with Crippen LogP contribution in [-0.2, 0) is 23.0 Å². The summed E-state index contributed by atoms with van der Waals surface area (Å²) in [7, 11) is -3.75. The van der Waals surface area contributed by atoms with Gasteiger partial charge < -0.3 is 5.73 Å². The van der Waals surface area contributed by atoms with E-state index in [0.29, 0.717) is 11.3 Å². The number of rotatable bonds is 5. The maximum absolute atomic E-state index is 12.5. The van der Waals surface area contributed by atoms with Crippen molar-refractivity contribution in [3.8, 4) is 0 Å². The molecular weight excluding hydrogens is 308 g/mol. The Morgan fingerprint density at radius 3 is 2.57 bits per heavy atom. The second-order valence-corrected chi connectivity index (χ2v) is 6.64. The molecule has 2 rings (SSSR count). The van der Waals surface area contributed by atoms with E-state index in [0.717, 1.165) is 12.0 Å². The van der Waals surface area contributed by atoms with Crippen molar-refractivity contribution in [1.29, 1.82) is 0 Å². The first-order chi connectivity index (χ1) is 9.97. The number of nitrogens with one attached hydrogen (secondary N) is 1. The van der Waals surface area contributed by atoms with Crippen LogP contribution in [0.1, 0.15) is 18.1 Å². The van der Waals surface area contributed by atoms with Crippen LogP contribution in [-0.4, -0.2) is 8.42 Å². The molecule has 0 heterocycles. The van der Waals surface area contributed by atoms with Gasteiger partial charge >= 0.3 is 0 Å². The first-order valence-corrected chi connectivity index (χ1v) is 8.43. The second kappa shape index (κ2) is 6.47. The van der Waals surface area contributed by atoms with E-state index in [2.05, 4.69) is 4.72 Å². The third-order valence-corrected chi connectivity index (χ3v) is 5.01. The molecule has 0 saturated carbocycles. The molecule has 0 spiro atoms. The molecule has 0 radical (unpaired) electrons. The zero-order valence-electron chi connectivity index (χ0n) is 11.6. The number of sulfonamides is 1. The Kier molecular flexibility index (Phi) is 4.88. The molecule has 0 bridgehead atoms. The molecule has 112 valence electrons. The zero-order chi connectivity index (χ0) is 15.5. The highest BCUT2D eigenvalue weighted by Crippen LogP contribution is 2.26. The number of para-hydroxylation sites is 1. The Bertz CT molecular complexity index is 745. The van der Waals surface area contributed by atoms with Crippen LogP contribution in [0.15, 0.2) is 47.4 Å². The van der Waals surface area contributed by atoms with Gasteiger partial charge in [0.1, 0.15) is 4.90 Å². The molecule has 0 aliphatic carbocycles. The summed E-state index contributed by atoms with van der Waals surface area (Å²) in [6, 6.07) is 12.0. The van der Waals surface area contributed by atoms with Crippen LogP contribution in [0.25, 0.3) is 0 Å². The lowest BCUT2D eigenvalue weighted by molar-refractivity contribution is 0.601. The summed E-state index contributed by atoms with van der Waals surface area (Å²) in [5.74, 6) is 0. The minimum absolute atomic E-state index is 0.0398. The maximum Gasteiger partial charge on any atom is 0.263 e. The predicted molar refractivity (Wildman–Crippen MR) is 86.0 cm³/mol. The van der Waals surface area contributed by atoms with Crippen LogP contribution < -0.4 is 10.5 Å². The second-order valence-electron chi connectivity index (χ2n) is 4.59. The third kappa shape index (κ3) is 3.56. The average Bonchev–Trinajstić information content (AvgIpc) is 2.47. The summed E-state index contributed by atoms with van der Waals surface area (Å²) in [5.41, 5.74) is 7.75. The van der Waals surface area contributed by atoms with Gasteiger partial charge in [0.05, 0.1) is 10.7 Å². The highest BCUT2D eigenvalue weighted by atomic mass is 35.5. The van der Waals surface area contributed by atoms with Gasteiger partial charge in [0.15, 0.2) is 0 Å². The van der Waals surface area contributed by atoms with Gasteiger partial charge in [-0.15, -0.1) is 0 Å². The molecule has 2 aromatic carbocycles. The van der Waals surface area contributed by atoms with Crippen molar-refractivity contribution in [2.75, 3.05) is 4.72 Å². The van der Waals surface area contributed by atoms with Crippen LogP contribution in [0.4, 0.5) is 5.69 Å². The number of halogens is 1. The first-order valence-electron chi connectivity index (χ1n) is 6.57. The van der Waals surface area contributed by atoms with Gasteiger partial charge in [-0.1, -0.05) is 42.8 Å². The lowest BCUT2D eigenvalue weighted by Gasteiger charge is -2.13. The molecule has 0 fully saturated rings. The van der Waals surface area contributed by atoms with Crippen molar-refractivity contribution in [2.24, 2.45) is 5.73 Å². The SMILES string of the molecule is CCc1ccccc1NS(=O)(=O)c1cc(CN)ccc1Cl. The van der Waals surface area contributed by atoms with E-state index < -0.39 is 10.0 Å². The number of nitrogens with two attached hydrogens (primary N) is 1. The van der Waals surface area contributed by atoms with E-state index in [9.17, 15) is 8.42 Å². The van der Waals surface area contributed by atoms with Gasteiger partial charge in [0.25, 0.3) is 10.0 Å². The van der Waals surface area contributed by atoms with Crippen molar-refractivity contribution in [2.45, 2.75) is 24.8 Å². The fraction of sp³-hybridized carbons (Fsp3) is 0.200. The Balaban J connectivity index is 2.43. The molecule has 0 aromatic heterocycles. The van der Waals surface area contributed by atoms with Gasteiger partial charge in [0, 0.05) is 6.54 Å². The van der Waals surface area contributed by atoms with Crippen molar-refractivity contribution in [1.82, 2.24) is 0 Å². The summed E-state index contributed by atoms with van der Waals surface area (Å²) < 4.78 is 27.6. The molecular formula is C15H17ClN2O2S. The van der Waals surface area contributed by atoms with Crippen molar-refractivity contribution >= 4 is 27.3 Å². The van der Waals surface area contributed by atoms with E-state index in [1.54, 1.807) is 24.3 Å². The normalized spacial score (nSPS) is 11.4. The van der Waals surface area contributed by atoms with Crippen LogP contribution in [0.2, 0.25) is 5.02 Å². The Morgan fingerprint density at radius 2 is 1.90 bits per heavy atom. The van der Waals surface area contributed by atoms with Gasteiger partial charge in [-0.25, -0.2) is 8.42 Å². The largest absolute Gasteiger partial charge is 0.326 e. The maximum atomic E-state index is 12.5. The van der Waals surface area contributed by atoms with E-state index >= 15 is 0 Å². The molecule has 0 amide bonds. The van der Waals surface area contributed by atoms with Crippen LogP contribution in [0.5, 0.6) is 0 Å². The van der Waals surface area contributed by atoms with Gasteiger partial charge in [0.2, 0.25) is 0 Å². The molecule has 0 atom stereocenters. The number of aryl methyl sites for hydroxylation is 1. The predicted octanol–water partition coefficient (Wildman–Crippen LogP) is 3.16. The molecule has 0 saturated heterocycles. The lowest BCUT2D eigenvalue weighted by atomic mass is 10.1. The lowest BCUT2D eigenvalue weighted by Crippen LogP contribution is -2.15. The standard InChI is InChI=1S/C15H17ClN2O2S/c1-2-12-5-3-4-6-14(12)18-21(19,20)15-9-11(10-17)7-8-13(15)16/h3-9,18H,2,10,17H2,1H3. The summed E-state index contributed by atoms with van der Waals surface area (Å²) >= 11 is 6.02. The fourth-order valence-electron chi connectivity index (χ4n) is 2.01. The summed E-state index contributed by atoms with van der Waals surface area (Å²) in [4.78, 5) is 0.0398. The highest BCUT2D eigenvalue weighted by molar-refractivity contribution is 7.92. The molecule has 0 unspecified atom stereocenters. The smallest absolute Gasteiger partial charge is 0.263 e. The van der Waals surface area contributed by atoms with Gasteiger partial charge in [-0.05, 0) is 35.7 Å². The van der Waals surface area contributed by atoms with E-state index in [-0.39, 0.29) is 16.5 Å². The molecule has 6 heteroatoms. The Morgan fingerprint density at radius 1 is 1.19 bits per heavy atom. The summed E-state index contributed by atoms with van der Waals surface area (Å²) in [6.07, 6.45) is 0.731. The van der Waals surface area contributed by atoms with Crippen molar-refractivity contribution in [3.63, 3.8) is 0 Å². The molecule has 0 aliphatic heterocycles. The van der Waals surface area contributed by atoms with Crippen LogP contribution in [0, 0.1) is 0 Å². The molecule has 4 nitrogen and oxygen atoms in total. The van der Waals surface area contributed by atoms with E-state index in [1.165, 1.54) is 6.07 Å². The summed E-state index contributed by atoms with van der Waals surface area (Å²) in [5, 5.41) is 0.175.